The van der Waals surface area contributed by atoms with Gasteiger partial charge in [0.05, 0.1) is 0 Å². The van der Waals surface area contributed by atoms with Gasteiger partial charge in [0.1, 0.15) is 0 Å². The third kappa shape index (κ3) is 4.12. The van der Waals surface area contributed by atoms with E-state index in [0.717, 1.165) is 0 Å². The Labute approximate surface area is 94.6 Å². The van der Waals surface area contributed by atoms with E-state index in [1.165, 1.54) is 84.2 Å². The molecule has 0 aromatic carbocycles. The minimum Gasteiger partial charge on any atom is -0.302 e. The van der Waals surface area contributed by atoms with Crippen LogP contribution in [0.1, 0.15) is 44.9 Å². The van der Waals surface area contributed by atoms with Crippen LogP contribution in [-0.4, -0.2) is 49.1 Å². The molecule has 0 radical (unpaired) electrons. The van der Waals surface area contributed by atoms with Crippen molar-refractivity contribution >= 4 is 0 Å². The van der Waals surface area contributed by atoms with Crippen LogP contribution in [0.15, 0.2) is 0 Å². The van der Waals surface area contributed by atoms with E-state index in [-0.39, 0.29) is 0 Å². The molecule has 0 bridgehead atoms. The standard InChI is InChI=1S/C13H26N2/c1-2-5-9-14(8-4-1)12-13-15-10-6-3-7-11-15/h1-13H2. The number of rotatable bonds is 3. The fourth-order valence-electron chi connectivity index (χ4n) is 2.83. The summed E-state index contributed by atoms with van der Waals surface area (Å²) in [6, 6.07) is 0. The molecule has 88 valence electrons. The van der Waals surface area contributed by atoms with Crippen molar-refractivity contribution in [1.82, 2.24) is 9.80 Å². The summed E-state index contributed by atoms with van der Waals surface area (Å²) in [5, 5.41) is 0. The first-order valence-corrected chi connectivity index (χ1v) is 6.90. The first-order chi connectivity index (χ1) is 7.45. The lowest BCUT2D eigenvalue weighted by molar-refractivity contribution is 0.184. The quantitative estimate of drug-likeness (QED) is 0.705. The predicted octanol–water partition coefficient (Wildman–Crippen LogP) is 2.35. The monoisotopic (exact) mass is 210 g/mol. The second-order valence-electron chi connectivity index (χ2n) is 5.16. The summed E-state index contributed by atoms with van der Waals surface area (Å²) >= 11 is 0. The highest BCUT2D eigenvalue weighted by atomic mass is 15.2. The van der Waals surface area contributed by atoms with Crippen LogP contribution in [0.2, 0.25) is 0 Å². The molecule has 2 nitrogen and oxygen atoms in total. The number of likely N-dealkylation sites (tertiary alicyclic amines) is 2. The van der Waals surface area contributed by atoms with Crippen LogP contribution in [0, 0.1) is 0 Å². The number of piperidine rings is 1. The Kier molecular flexibility index (Phi) is 4.94. The lowest BCUT2D eigenvalue weighted by Crippen LogP contribution is -2.38. The molecule has 0 N–H and O–H groups in total. The van der Waals surface area contributed by atoms with E-state index in [1.807, 2.05) is 0 Å². The molecule has 2 fully saturated rings. The molecular formula is C13H26N2. The summed E-state index contributed by atoms with van der Waals surface area (Å²) < 4.78 is 0. The fraction of sp³-hybridized carbons (Fsp3) is 1.00. The Morgan fingerprint density at radius 2 is 0.800 bits per heavy atom. The Bertz CT molecular complexity index is 156. The van der Waals surface area contributed by atoms with Crippen molar-refractivity contribution in [2.75, 3.05) is 39.3 Å². The molecule has 2 saturated heterocycles. The van der Waals surface area contributed by atoms with E-state index in [4.69, 9.17) is 0 Å². The van der Waals surface area contributed by atoms with Gasteiger partial charge in [-0.05, 0) is 51.9 Å². The van der Waals surface area contributed by atoms with E-state index < -0.39 is 0 Å². The third-order valence-electron chi connectivity index (χ3n) is 3.88. The minimum atomic E-state index is 1.32. The normalized spacial score (nSPS) is 26.4. The predicted molar refractivity (Wildman–Crippen MR) is 65.2 cm³/mol. The maximum absolute atomic E-state index is 2.68. The second kappa shape index (κ2) is 6.49. The molecule has 0 atom stereocenters. The zero-order valence-corrected chi connectivity index (χ0v) is 10.1. The van der Waals surface area contributed by atoms with E-state index in [1.54, 1.807) is 0 Å². The topological polar surface area (TPSA) is 6.48 Å². The molecule has 15 heavy (non-hydrogen) atoms. The van der Waals surface area contributed by atoms with E-state index >= 15 is 0 Å². The molecule has 2 aliphatic heterocycles. The molecule has 2 aliphatic rings. The smallest absolute Gasteiger partial charge is 0.0109 e. The van der Waals surface area contributed by atoms with Gasteiger partial charge in [0.15, 0.2) is 0 Å². The minimum absolute atomic E-state index is 1.32. The largest absolute Gasteiger partial charge is 0.302 e. The van der Waals surface area contributed by atoms with E-state index in [9.17, 15) is 0 Å². The molecule has 0 unspecified atom stereocenters. The number of hydrogen-bond donors (Lipinski definition) is 0. The zero-order chi connectivity index (χ0) is 10.3. The van der Waals surface area contributed by atoms with Gasteiger partial charge in [-0.25, -0.2) is 0 Å². The molecule has 2 rings (SSSR count). The summed E-state index contributed by atoms with van der Waals surface area (Å²) in [6.07, 6.45) is 10.1. The van der Waals surface area contributed by atoms with Gasteiger partial charge in [-0.2, -0.15) is 0 Å². The lowest BCUT2D eigenvalue weighted by Gasteiger charge is -2.29. The molecule has 0 saturated carbocycles. The third-order valence-corrected chi connectivity index (χ3v) is 3.88. The van der Waals surface area contributed by atoms with Gasteiger partial charge in [-0.1, -0.05) is 19.3 Å². The molecule has 0 amide bonds. The molecule has 0 aromatic heterocycles. The lowest BCUT2D eigenvalue weighted by atomic mass is 10.1. The van der Waals surface area contributed by atoms with Gasteiger partial charge in [0.2, 0.25) is 0 Å². The Balaban J connectivity index is 1.62. The summed E-state index contributed by atoms with van der Waals surface area (Å²) in [5.74, 6) is 0. The summed E-state index contributed by atoms with van der Waals surface area (Å²) in [5.41, 5.74) is 0. The van der Waals surface area contributed by atoms with Crippen LogP contribution >= 0.6 is 0 Å². The highest BCUT2D eigenvalue weighted by Gasteiger charge is 2.13. The molecular weight excluding hydrogens is 184 g/mol. The highest BCUT2D eigenvalue weighted by molar-refractivity contribution is 4.69. The van der Waals surface area contributed by atoms with Gasteiger partial charge < -0.3 is 9.80 Å². The highest BCUT2D eigenvalue weighted by Crippen LogP contribution is 2.11. The fourth-order valence-corrected chi connectivity index (χ4v) is 2.83. The second-order valence-corrected chi connectivity index (χ2v) is 5.16. The molecule has 2 heterocycles. The van der Waals surface area contributed by atoms with Crippen LogP contribution < -0.4 is 0 Å². The maximum Gasteiger partial charge on any atom is 0.0109 e. The average molecular weight is 210 g/mol. The maximum atomic E-state index is 2.68. The Morgan fingerprint density at radius 3 is 1.20 bits per heavy atom. The van der Waals surface area contributed by atoms with Gasteiger partial charge in [-0.3, -0.25) is 0 Å². The van der Waals surface area contributed by atoms with Gasteiger partial charge >= 0.3 is 0 Å². The van der Waals surface area contributed by atoms with Crippen molar-refractivity contribution in [2.24, 2.45) is 0 Å². The summed E-state index contributed by atoms with van der Waals surface area (Å²) in [6.45, 7) is 8.06. The van der Waals surface area contributed by atoms with Crippen molar-refractivity contribution < 1.29 is 0 Å². The van der Waals surface area contributed by atoms with Crippen LogP contribution in [-0.2, 0) is 0 Å². The zero-order valence-electron chi connectivity index (χ0n) is 10.1. The van der Waals surface area contributed by atoms with Crippen molar-refractivity contribution in [3.8, 4) is 0 Å². The van der Waals surface area contributed by atoms with Gasteiger partial charge in [0.25, 0.3) is 0 Å². The number of hydrogen-bond acceptors (Lipinski definition) is 2. The first-order valence-electron chi connectivity index (χ1n) is 6.90. The van der Waals surface area contributed by atoms with Crippen molar-refractivity contribution in [3.63, 3.8) is 0 Å². The van der Waals surface area contributed by atoms with Crippen LogP contribution in [0.3, 0.4) is 0 Å². The average Bonchev–Trinajstić information content (AvgIpc) is 2.56. The Morgan fingerprint density at radius 1 is 0.467 bits per heavy atom. The van der Waals surface area contributed by atoms with Crippen LogP contribution in [0.4, 0.5) is 0 Å². The summed E-state index contributed by atoms with van der Waals surface area (Å²) in [4.78, 5) is 5.34. The Hall–Kier alpha value is -0.0800. The van der Waals surface area contributed by atoms with Crippen LogP contribution in [0.25, 0.3) is 0 Å². The van der Waals surface area contributed by atoms with Gasteiger partial charge in [-0.15, -0.1) is 0 Å². The number of nitrogens with zero attached hydrogens (tertiary/aromatic N) is 2. The molecule has 0 spiro atoms. The van der Waals surface area contributed by atoms with E-state index in [2.05, 4.69) is 9.80 Å². The van der Waals surface area contributed by atoms with Crippen molar-refractivity contribution in [3.05, 3.63) is 0 Å². The SMILES string of the molecule is C1CCCN(CCN2CCCCC2)CC1. The van der Waals surface area contributed by atoms with Crippen molar-refractivity contribution in [1.29, 1.82) is 0 Å². The van der Waals surface area contributed by atoms with Crippen molar-refractivity contribution in [2.45, 2.75) is 44.9 Å². The first kappa shape index (κ1) is 11.4. The molecule has 0 aliphatic carbocycles. The van der Waals surface area contributed by atoms with Gasteiger partial charge in [0, 0.05) is 13.1 Å². The van der Waals surface area contributed by atoms with Crippen LogP contribution in [0.5, 0.6) is 0 Å². The summed E-state index contributed by atoms with van der Waals surface area (Å²) in [7, 11) is 0. The molecule has 0 aromatic rings. The molecule has 2 heteroatoms. The van der Waals surface area contributed by atoms with E-state index in [0.29, 0.717) is 0 Å².